The zero-order valence-corrected chi connectivity index (χ0v) is 15.1. The number of H-pyrrole nitrogens is 1. The van der Waals surface area contributed by atoms with Gasteiger partial charge in [-0.1, -0.05) is 30.3 Å². The van der Waals surface area contributed by atoms with Crippen molar-refractivity contribution in [1.82, 2.24) is 14.9 Å². The van der Waals surface area contributed by atoms with Gasteiger partial charge in [-0.25, -0.2) is 4.98 Å². The van der Waals surface area contributed by atoms with Crippen molar-refractivity contribution in [1.29, 1.82) is 0 Å². The molecule has 3 heterocycles. The number of aromatic amines is 1. The molecule has 0 radical (unpaired) electrons. The highest BCUT2D eigenvalue weighted by Gasteiger charge is 2.28. The second-order valence-corrected chi connectivity index (χ2v) is 7.94. The molecular weight excluding hydrogens is 342 g/mol. The number of piperidine rings is 1. The SMILES string of the molecule is O=C(c1cc2ccccc2[nH]1)N1CCC[C@H](c2nc3ccccc3s2)C1. The summed E-state index contributed by atoms with van der Waals surface area (Å²) in [6.07, 6.45) is 2.11. The van der Waals surface area contributed by atoms with E-state index in [0.29, 0.717) is 11.6 Å². The van der Waals surface area contributed by atoms with Gasteiger partial charge in [0.25, 0.3) is 5.91 Å². The lowest BCUT2D eigenvalue weighted by Gasteiger charge is -2.31. The van der Waals surface area contributed by atoms with Crippen molar-refractivity contribution in [3.63, 3.8) is 0 Å². The van der Waals surface area contributed by atoms with Crippen LogP contribution in [0.5, 0.6) is 0 Å². The molecule has 0 saturated carbocycles. The lowest BCUT2D eigenvalue weighted by molar-refractivity contribution is 0.0702. The quantitative estimate of drug-likeness (QED) is 0.558. The number of carbonyl (C=O) groups excluding carboxylic acids is 1. The molecule has 130 valence electrons. The highest BCUT2D eigenvalue weighted by molar-refractivity contribution is 7.18. The van der Waals surface area contributed by atoms with Gasteiger partial charge < -0.3 is 9.88 Å². The molecular formula is C21H19N3OS. The standard InChI is InChI=1S/C21H19N3OS/c25-21(18-12-14-6-1-2-8-16(14)22-18)24-11-5-7-15(13-24)20-23-17-9-3-4-10-19(17)26-20/h1-4,6,8-10,12,15,22H,5,7,11,13H2/t15-/m0/s1. The van der Waals surface area contributed by atoms with Crippen molar-refractivity contribution in [2.75, 3.05) is 13.1 Å². The Kier molecular flexibility index (Phi) is 3.75. The van der Waals surface area contributed by atoms with Gasteiger partial charge in [0, 0.05) is 29.9 Å². The minimum Gasteiger partial charge on any atom is -0.351 e. The Morgan fingerprint density at radius 1 is 1.15 bits per heavy atom. The van der Waals surface area contributed by atoms with Crippen LogP contribution < -0.4 is 0 Å². The van der Waals surface area contributed by atoms with E-state index in [2.05, 4.69) is 23.2 Å². The van der Waals surface area contributed by atoms with Crippen molar-refractivity contribution >= 4 is 38.4 Å². The minimum atomic E-state index is 0.0898. The third kappa shape index (κ3) is 2.69. The molecule has 0 spiro atoms. The Morgan fingerprint density at radius 3 is 2.88 bits per heavy atom. The van der Waals surface area contributed by atoms with Crippen molar-refractivity contribution in [3.05, 3.63) is 65.3 Å². The molecule has 0 unspecified atom stereocenters. The molecule has 1 aliphatic heterocycles. The molecule has 1 N–H and O–H groups in total. The number of amides is 1. The number of benzene rings is 2. The van der Waals surface area contributed by atoms with E-state index in [4.69, 9.17) is 4.98 Å². The molecule has 1 fully saturated rings. The number of nitrogens with one attached hydrogen (secondary N) is 1. The number of aromatic nitrogens is 2. The first-order chi connectivity index (χ1) is 12.8. The molecule has 1 aliphatic rings. The van der Waals surface area contributed by atoms with Gasteiger partial charge in [0.1, 0.15) is 5.69 Å². The molecule has 1 amide bonds. The van der Waals surface area contributed by atoms with E-state index in [9.17, 15) is 4.79 Å². The molecule has 2 aromatic carbocycles. The van der Waals surface area contributed by atoms with Gasteiger partial charge in [-0.15, -0.1) is 11.3 Å². The maximum atomic E-state index is 13.0. The number of rotatable bonds is 2. The summed E-state index contributed by atoms with van der Waals surface area (Å²) in [6, 6.07) is 18.2. The first-order valence-corrected chi connectivity index (χ1v) is 9.82. The van der Waals surface area contributed by atoms with Crippen LogP contribution in [0.25, 0.3) is 21.1 Å². The number of hydrogen-bond acceptors (Lipinski definition) is 3. The number of para-hydroxylation sites is 2. The second kappa shape index (κ2) is 6.25. The summed E-state index contributed by atoms with van der Waals surface area (Å²) in [4.78, 5) is 23.0. The molecule has 4 nitrogen and oxygen atoms in total. The third-order valence-corrected chi connectivity index (χ3v) is 6.33. The number of hydrogen-bond donors (Lipinski definition) is 1. The summed E-state index contributed by atoms with van der Waals surface area (Å²) in [5.74, 6) is 0.418. The Labute approximate surface area is 155 Å². The van der Waals surface area contributed by atoms with Gasteiger partial charge in [-0.2, -0.15) is 0 Å². The minimum absolute atomic E-state index is 0.0898. The van der Waals surface area contributed by atoms with E-state index >= 15 is 0 Å². The summed E-state index contributed by atoms with van der Waals surface area (Å²) in [7, 11) is 0. The van der Waals surface area contributed by atoms with E-state index in [1.165, 1.54) is 4.70 Å². The lowest BCUT2D eigenvalue weighted by Crippen LogP contribution is -2.39. The maximum Gasteiger partial charge on any atom is 0.270 e. The van der Waals surface area contributed by atoms with E-state index in [1.807, 2.05) is 41.3 Å². The van der Waals surface area contributed by atoms with E-state index in [1.54, 1.807) is 11.3 Å². The Balaban J connectivity index is 1.40. The first-order valence-electron chi connectivity index (χ1n) is 9.00. The zero-order chi connectivity index (χ0) is 17.5. The lowest BCUT2D eigenvalue weighted by atomic mass is 9.98. The van der Waals surface area contributed by atoms with Crippen LogP contribution in [-0.4, -0.2) is 33.9 Å². The van der Waals surface area contributed by atoms with Crippen LogP contribution >= 0.6 is 11.3 Å². The predicted octanol–water partition coefficient (Wildman–Crippen LogP) is 4.80. The Bertz CT molecular complexity index is 1030. The monoisotopic (exact) mass is 361 g/mol. The molecule has 5 rings (SSSR count). The molecule has 1 atom stereocenters. The van der Waals surface area contributed by atoms with Gasteiger partial charge in [0.15, 0.2) is 0 Å². The fourth-order valence-corrected chi connectivity index (χ4v) is 4.88. The highest BCUT2D eigenvalue weighted by atomic mass is 32.1. The maximum absolute atomic E-state index is 13.0. The topological polar surface area (TPSA) is 49.0 Å². The van der Waals surface area contributed by atoms with Gasteiger partial charge in [-0.3, -0.25) is 4.79 Å². The van der Waals surface area contributed by atoms with Gasteiger partial charge in [0.2, 0.25) is 0 Å². The largest absolute Gasteiger partial charge is 0.351 e. The van der Waals surface area contributed by atoms with Crippen LogP contribution in [0.4, 0.5) is 0 Å². The van der Waals surface area contributed by atoms with Crippen LogP contribution in [0.15, 0.2) is 54.6 Å². The third-order valence-electron chi connectivity index (χ3n) is 5.13. The summed E-state index contributed by atoms with van der Waals surface area (Å²) in [5.41, 5.74) is 2.75. The molecule has 0 aliphatic carbocycles. The molecule has 2 aromatic heterocycles. The van der Waals surface area contributed by atoms with Gasteiger partial charge in [0.05, 0.1) is 15.2 Å². The average Bonchev–Trinajstić information content (AvgIpc) is 3.31. The van der Waals surface area contributed by atoms with E-state index < -0.39 is 0 Å². The molecule has 0 bridgehead atoms. The van der Waals surface area contributed by atoms with Crippen LogP contribution in [0.1, 0.15) is 34.3 Å². The normalized spacial score (nSPS) is 17.8. The van der Waals surface area contributed by atoms with Crippen molar-refractivity contribution in [3.8, 4) is 0 Å². The summed E-state index contributed by atoms with van der Waals surface area (Å²) < 4.78 is 1.22. The van der Waals surface area contributed by atoms with E-state index in [0.717, 1.165) is 47.4 Å². The van der Waals surface area contributed by atoms with Crippen molar-refractivity contribution in [2.24, 2.45) is 0 Å². The fraction of sp³-hybridized carbons (Fsp3) is 0.238. The summed E-state index contributed by atoms with van der Waals surface area (Å²) in [5, 5.41) is 2.23. The molecule has 5 heteroatoms. The summed E-state index contributed by atoms with van der Waals surface area (Å²) >= 11 is 1.76. The van der Waals surface area contributed by atoms with Gasteiger partial charge in [-0.05, 0) is 37.1 Å². The van der Waals surface area contributed by atoms with Crippen molar-refractivity contribution in [2.45, 2.75) is 18.8 Å². The number of carbonyl (C=O) groups is 1. The van der Waals surface area contributed by atoms with Crippen LogP contribution in [0.2, 0.25) is 0 Å². The zero-order valence-electron chi connectivity index (χ0n) is 14.3. The van der Waals surface area contributed by atoms with E-state index in [-0.39, 0.29) is 5.91 Å². The highest BCUT2D eigenvalue weighted by Crippen LogP contribution is 2.33. The van der Waals surface area contributed by atoms with Crippen LogP contribution in [0.3, 0.4) is 0 Å². The second-order valence-electron chi connectivity index (χ2n) is 6.88. The van der Waals surface area contributed by atoms with Gasteiger partial charge >= 0.3 is 0 Å². The fourth-order valence-electron chi connectivity index (χ4n) is 3.79. The number of likely N-dealkylation sites (tertiary alicyclic amines) is 1. The molecule has 4 aromatic rings. The van der Waals surface area contributed by atoms with Crippen LogP contribution in [0, 0.1) is 0 Å². The number of nitrogens with zero attached hydrogens (tertiary/aromatic N) is 2. The Morgan fingerprint density at radius 2 is 2.00 bits per heavy atom. The predicted molar refractivity (Wildman–Crippen MR) is 106 cm³/mol. The summed E-state index contributed by atoms with van der Waals surface area (Å²) in [6.45, 7) is 1.56. The average molecular weight is 361 g/mol. The number of fused-ring (bicyclic) bond motifs is 2. The molecule has 1 saturated heterocycles. The van der Waals surface area contributed by atoms with Crippen LogP contribution in [-0.2, 0) is 0 Å². The smallest absolute Gasteiger partial charge is 0.270 e. The Hall–Kier alpha value is -2.66. The van der Waals surface area contributed by atoms with Crippen molar-refractivity contribution < 1.29 is 4.79 Å². The first kappa shape index (κ1) is 15.6. The number of thiazole rings is 1. The molecule has 26 heavy (non-hydrogen) atoms.